The molecule has 0 spiro atoms. The van der Waals surface area contributed by atoms with Gasteiger partial charge in [-0.25, -0.2) is 4.79 Å². The lowest BCUT2D eigenvalue weighted by Crippen LogP contribution is -2.41. The van der Waals surface area contributed by atoms with Gasteiger partial charge in [0.25, 0.3) is 0 Å². The molecule has 1 heterocycles. The molecule has 1 aliphatic heterocycles. The van der Waals surface area contributed by atoms with Crippen LogP contribution in [0.3, 0.4) is 0 Å². The molecule has 3 rings (SSSR count). The first-order valence-electron chi connectivity index (χ1n) is 9.10. The number of aliphatic hydroxyl groups excluding tert-OH is 1. The third-order valence-electron chi connectivity index (χ3n) is 4.80. The first kappa shape index (κ1) is 18.3. The summed E-state index contributed by atoms with van der Waals surface area (Å²) in [7, 11) is 0. The van der Waals surface area contributed by atoms with Crippen molar-refractivity contribution in [3.05, 3.63) is 64.7 Å². The smallest absolute Gasteiger partial charge is 0.318 e. The number of amides is 2. The van der Waals surface area contributed by atoms with Crippen LogP contribution in [0.2, 0.25) is 0 Å². The Bertz CT molecular complexity index is 758. The topological polar surface area (TPSA) is 61.8 Å². The van der Waals surface area contributed by atoms with E-state index in [1.165, 1.54) is 5.56 Å². The van der Waals surface area contributed by atoms with E-state index in [0.29, 0.717) is 19.7 Å². The van der Waals surface area contributed by atoms with Crippen LogP contribution in [0.4, 0.5) is 4.79 Å². The van der Waals surface area contributed by atoms with Crippen LogP contribution in [0.25, 0.3) is 0 Å². The lowest BCUT2D eigenvalue weighted by molar-refractivity contribution is 0.184. The SMILES string of the molecule is CCc1ccc([C@@H](C)NC(=O)N2CCOc3ccc(CO)cc3C2)cc1. The molecule has 2 N–H and O–H groups in total. The zero-order chi connectivity index (χ0) is 18.5. The van der Waals surface area contributed by atoms with Crippen molar-refractivity contribution in [1.82, 2.24) is 10.2 Å². The van der Waals surface area contributed by atoms with Gasteiger partial charge in [0.1, 0.15) is 12.4 Å². The van der Waals surface area contributed by atoms with Crippen molar-refractivity contribution < 1.29 is 14.6 Å². The zero-order valence-electron chi connectivity index (χ0n) is 15.4. The molecule has 1 aliphatic rings. The van der Waals surface area contributed by atoms with Crippen molar-refractivity contribution in [3.8, 4) is 5.75 Å². The Labute approximate surface area is 154 Å². The maximum atomic E-state index is 12.7. The van der Waals surface area contributed by atoms with Gasteiger partial charge in [-0.05, 0) is 42.2 Å². The van der Waals surface area contributed by atoms with Gasteiger partial charge in [0.15, 0.2) is 0 Å². The first-order chi connectivity index (χ1) is 12.6. The third-order valence-corrected chi connectivity index (χ3v) is 4.80. The summed E-state index contributed by atoms with van der Waals surface area (Å²) in [6, 6.07) is 13.8. The quantitative estimate of drug-likeness (QED) is 0.884. The van der Waals surface area contributed by atoms with Gasteiger partial charge in [0.05, 0.1) is 25.7 Å². The van der Waals surface area contributed by atoms with Crippen molar-refractivity contribution in [2.75, 3.05) is 13.2 Å². The van der Waals surface area contributed by atoms with Gasteiger partial charge in [-0.1, -0.05) is 37.3 Å². The molecule has 0 unspecified atom stereocenters. The number of hydrogen-bond donors (Lipinski definition) is 2. The average Bonchev–Trinajstić information content (AvgIpc) is 2.89. The largest absolute Gasteiger partial charge is 0.491 e. The second kappa shape index (κ2) is 8.23. The van der Waals surface area contributed by atoms with Crippen molar-refractivity contribution in [3.63, 3.8) is 0 Å². The molecule has 2 amide bonds. The van der Waals surface area contributed by atoms with E-state index in [0.717, 1.165) is 28.9 Å². The fourth-order valence-electron chi connectivity index (χ4n) is 3.12. The lowest BCUT2D eigenvalue weighted by Gasteiger charge is -2.23. The molecule has 2 aromatic rings. The number of aryl methyl sites for hydroxylation is 1. The maximum absolute atomic E-state index is 12.7. The molecule has 0 radical (unpaired) electrons. The number of nitrogens with one attached hydrogen (secondary N) is 1. The number of benzene rings is 2. The normalized spacial score (nSPS) is 14.8. The van der Waals surface area contributed by atoms with E-state index in [2.05, 4.69) is 36.5 Å². The maximum Gasteiger partial charge on any atom is 0.318 e. The van der Waals surface area contributed by atoms with Gasteiger partial charge in [0.2, 0.25) is 0 Å². The predicted molar refractivity (Wildman–Crippen MR) is 101 cm³/mol. The van der Waals surface area contributed by atoms with Gasteiger partial charge in [-0.15, -0.1) is 0 Å². The second-order valence-corrected chi connectivity index (χ2v) is 6.64. The van der Waals surface area contributed by atoms with Gasteiger partial charge < -0.3 is 20.1 Å². The Morgan fingerprint density at radius 2 is 1.96 bits per heavy atom. The molecular formula is C21H26N2O3. The highest BCUT2D eigenvalue weighted by atomic mass is 16.5. The average molecular weight is 354 g/mol. The highest BCUT2D eigenvalue weighted by Crippen LogP contribution is 2.25. The molecule has 138 valence electrons. The fourth-order valence-corrected chi connectivity index (χ4v) is 3.12. The van der Waals surface area contributed by atoms with Crippen LogP contribution < -0.4 is 10.1 Å². The molecular weight excluding hydrogens is 328 g/mol. The van der Waals surface area contributed by atoms with Crippen LogP contribution in [0.5, 0.6) is 5.75 Å². The van der Waals surface area contributed by atoms with E-state index in [4.69, 9.17) is 4.74 Å². The first-order valence-corrected chi connectivity index (χ1v) is 9.10. The van der Waals surface area contributed by atoms with Crippen molar-refractivity contribution in [2.45, 2.75) is 39.5 Å². The van der Waals surface area contributed by atoms with Gasteiger partial charge >= 0.3 is 6.03 Å². The van der Waals surface area contributed by atoms with Crippen LogP contribution in [-0.4, -0.2) is 29.2 Å². The summed E-state index contributed by atoms with van der Waals surface area (Å²) in [4.78, 5) is 14.5. The molecule has 0 bridgehead atoms. The molecule has 0 fully saturated rings. The molecule has 0 saturated carbocycles. The highest BCUT2D eigenvalue weighted by Gasteiger charge is 2.21. The Kier molecular flexibility index (Phi) is 5.78. The number of rotatable bonds is 4. The second-order valence-electron chi connectivity index (χ2n) is 6.64. The number of nitrogens with zero attached hydrogens (tertiary/aromatic N) is 1. The van der Waals surface area contributed by atoms with Crippen molar-refractivity contribution >= 4 is 6.03 Å². The predicted octanol–water partition coefficient (Wildman–Crippen LogP) is 3.41. The van der Waals surface area contributed by atoms with Crippen LogP contribution in [0, 0.1) is 0 Å². The lowest BCUT2D eigenvalue weighted by atomic mass is 10.1. The van der Waals surface area contributed by atoms with E-state index in [1.807, 2.05) is 25.1 Å². The molecule has 0 aromatic heterocycles. The van der Waals surface area contributed by atoms with Gasteiger partial charge in [-0.2, -0.15) is 0 Å². The summed E-state index contributed by atoms with van der Waals surface area (Å²) in [6.07, 6.45) is 1.00. The van der Waals surface area contributed by atoms with Crippen molar-refractivity contribution in [1.29, 1.82) is 0 Å². The molecule has 5 nitrogen and oxygen atoms in total. The fraction of sp³-hybridized carbons (Fsp3) is 0.381. The standard InChI is InChI=1S/C21H26N2O3/c1-3-16-4-7-18(8-5-16)15(2)22-21(25)23-10-11-26-20-9-6-17(14-24)12-19(20)13-23/h4-9,12,15,24H,3,10-11,13-14H2,1-2H3,(H,22,25)/t15-/m1/s1. The zero-order valence-corrected chi connectivity index (χ0v) is 15.4. The summed E-state index contributed by atoms with van der Waals surface area (Å²) in [5, 5.41) is 12.4. The van der Waals surface area contributed by atoms with E-state index < -0.39 is 0 Å². The molecule has 0 aliphatic carbocycles. The van der Waals surface area contributed by atoms with Crippen LogP contribution >= 0.6 is 0 Å². The Hall–Kier alpha value is -2.53. The van der Waals surface area contributed by atoms with Crippen LogP contribution in [0.1, 0.15) is 42.1 Å². The molecule has 2 aromatic carbocycles. The number of ether oxygens (including phenoxy) is 1. The minimum Gasteiger partial charge on any atom is -0.491 e. The Balaban J connectivity index is 1.68. The Morgan fingerprint density at radius 3 is 2.65 bits per heavy atom. The number of carbonyl (C=O) groups excluding carboxylic acids is 1. The van der Waals surface area contributed by atoms with Crippen molar-refractivity contribution in [2.24, 2.45) is 0 Å². The van der Waals surface area contributed by atoms with E-state index in [1.54, 1.807) is 4.90 Å². The summed E-state index contributed by atoms with van der Waals surface area (Å²) < 4.78 is 5.74. The number of urea groups is 1. The Morgan fingerprint density at radius 1 is 1.23 bits per heavy atom. The monoisotopic (exact) mass is 354 g/mol. The van der Waals surface area contributed by atoms with E-state index >= 15 is 0 Å². The summed E-state index contributed by atoms with van der Waals surface area (Å²) in [5.74, 6) is 0.778. The molecule has 0 saturated heterocycles. The minimum absolute atomic E-state index is 0.0235. The summed E-state index contributed by atoms with van der Waals surface area (Å²) >= 11 is 0. The van der Waals surface area contributed by atoms with Crippen LogP contribution in [0.15, 0.2) is 42.5 Å². The third kappa shape index (κ3) is 4.17. The molecule has 5 heteroatoms. The van der Waals surface area contributed by atoms with E-state index in [-0.39, 0.29) is 18.7 Å². The van der Waals surface area contributed by atoms with E-state index in [9.17, 15) is 9.90 Å². The number of carbonyl (C=O) groups is 1. The number of fused-ring (bicyclic) bond motifs is 1. The number of hydrogen-bond acceptors (Lipinski definition) is 3. The number of aliphatic hydroxyl groups is 1. The molecule has 1 atom stereocenters. The van der Waals surface area contributed by atoms with Gasteiger partial charge in [0, 0.05) is 5.56 Å². The van der Waals surface area contributed by atoms with Gasteiger partial charge in [-0.3, -0.25) is 0 Å². The minimum atomic E-state index is -0.108. The summed E-state index contributed by atoms with van der Waals surface area (Å²) in [6.45, 7) is 5.54. The summed E-state index contributed by atoms with van der Waals surface area (Å²) in [5.41, 5.74) is 4.11. The highest BCUT2D eigenvalue weighted by molar-refractivity contribution is 5.75. The van der Waals surface area contributed by atoms with Crippen LogP contribution in [-0.2, 0) is 19.6 Å². The molecule has 26 heavy (non-hydrogen) atoms.